The van der Waals surface area contributed by atoms with Gasteiger partial charge in [0.1, 0.15) is 11.2 Å². The highest BCUT2D eigenvalue weighted by molar-refractivity contribution is 7.12. The summed E-state index contributed by atoms with van der Waals surface area (Å²) >= 11 is 1.17. The number of anilines is 1. The van der Waals surface area contributed by atoms with E-state index in [1.807, 2.05) is 0 Å². The number of ether oxygens (including phenoxy) is 1. The lowest BCUT2D eigenvalue weighted by Crippen LogP contribution is -2.18. The molecule has 0 spiro atoms. The van der Waals surface area contributed by atoms with Crippen molar-refractivity contribution in [3.05, 3.63) is 52.5 Å². The summed E-state index contributed by atoms with van der Waals surface area (Å²) in [6, 6.07) is 8.09. The lowest BCUT2D eigenvalue weighted by molar-refractivity contribution is -0.118. The largest absolute Gasteiger partial charge is 0.453 e. The van der Waals surface area contributed by atoms with Crippen molar-refractivity contribution >= 4 is 34.7 Å². The van der Waals surface area contributed by atoms with E-state index in [1.54, 1.807) is 49.6 Å². The number of esters is 1. The van der Waals surface area contributed by atoms with Gasteiger partial charge >= 0.3 is 5.97 Å². The van der Waals surface area contributed by atoms with Crippen molar-refractivity contribution < 1.29 is 19.1 Å². The van der Waals surface area contributed by atoms with Crippen LogP contribution in [-0.2, 0) is 9.53 Å². The van der Waals surface area contributed by atoms with Gasteiger partial charge in [0.05, 0.1) is 5.69 Å². The summed E-state index contributed by atoms with van der Waals surface area (Å²) in [6.45, 7) is 3.18. The summed E-state index contributed by atoms with van der Waals surface area (Å²) in [5.41, 5.74) is 1.46. The average molecular weight is 399 g/mol. The molecule has 9 nitrogen and oxygen atoms in total. The fraction of sp³-hybridized carbons (Fsp3) is 0.222. The van der Waals surface area contributed by atoms with E-state index in [0.29, 0.717) is 21.8 Å². The number of hydrogen-bond acceptors (Lipinski definition) is 8. The number of amides is 1. The molecule has 1 N–H and O–H groups in total. The number of Topliss-reactive ketones (excluding diaryl/α,β-unsaturated/α-hetero) is 1. The molecule has 0 aliphatic carbocycles. The number of nitrogens with one attached hydrogen (secondary N) is 1. The van der Waals surface area contributed by atoms with E-state index in [2.05, 4.69) is 20.8 Å². The lowest BCUT2D eigenvalue weighted by atomic mass is 10.1. The standard InChI is InChI=1S/C18H17N5O4S/c1-11(2)17(25)20-13-5-3-12(4-6-13)15(24)9-27-18(26)16-14(7-8-28-16)23-10-19-21-22-23/h3-8,10-11H,9H2,1-2H3,(H,20,25). The normalized spacial score (nSPS) is 10.7. The second-order valence-corrected chi connectivity index (χ2v) is 7.03. The van der Waals surface area contributed by atoms with Crippen molar-refractivity contribution in [2.45, 2.75) is 13.8 Å². The molecule has 0 aliphatic heterocycles. The molecular weight excluding hydrogens is 382 g/mol. The molecule has 2 aromatic heterocycles. The van der Waals surface area contributed by atoms with Gasteiger partial charge in [-0.15, -0.1) is 16.4 Å². The quantitative estimate of drug-likeness (QED) is 0.479. The number of hydrogen-bond donors (Lipinski definition) is 1. The monoisotopic (exact) mass is 399 g/mol. The predicted octanol–water partition coefficient (Wildman–Crippen LogP) is 2.36. The van der Waals surface area contributed by atoms with Crippen LogP contribution in [0.15, 0.2) is 42.0 Å². The maximum absolute atomic E-state index is 12.3. The molecule has 0 atom stereocenters. The summed E-state index contributed by atoms with van der Waals surface area (Å²) < 4.78 is 6.48. The van der Waals surface area contributed by atoms with Gasteiger partial charge in [0, 0.05) is 17.2 Å². The topological polar surface area (TPSA) is 116 Å². The summed E-state index contributed by atoms with van der Waals surface area (Å²) in [5, 5.41) is 15.3. The summed E-state index contributed by atoms with van der Waals surface area (Å²) in [4.78, 5) is 36.6. The number of rotatable bonds is 7. The first-order chi connectivity index (χ1) is 13.5. The van der Waals surface area contributed by atoms with Gasteiger partial charge in [-0.1, -0.05) is 13.8 Å². The summed E-state index contributed by atoms with van der Waals surface area (Å²) in [5.74, 6) is -1.23. The maximum Gasteiger partial charge on any atom is 0.351 e. The second kappa shape index (κ2) is 8.53. The Hall–Kier alpha value is -3.40. The van der Waals surface area contributed by atoms with Crippen molar-refractivity contribution in [2.24, 2.45) is 5.92 Å². The van der Waals surface area contributed by atoms with E-state index in [4.69, 9.17) is 4.74 Å². The predicted molar refractivity (Wildman–Crippen MR) is 102 cm³/mol. The third kappa shape index (κ3) is 4.46. The zero-order chi connectivity index (χ0) is 20.1. The highest BCUT2D eigenvalue weighted by Gasteiger charge is 2.19. The van der Waals surface area contributed by atoms with Gasteiger partial charge in [0.15, 0.2) is 12.4 Å². The van der Waals surface area contributed by atoms with Gasteiger partial charge in [-0.25, -0.2) is 4.79 Å². The van der Waals surface area contributed by atoms with Crippen molar-refractivity contribution in [2.75, 3.05) is 11.9 Å². The molecule has 3 rings (SSSR count). The molecule has 0 aliphatic rings. The number of aromatic nitrogens is 4. The number of thiophene rings is 1. The average Bonchev–Trinajstić information content (AvgIpc) is 3.37. The summed E-state index contributed by atoms with van der Waals surface area (Å²) in [7, 11) is 0. The number of nitrogens with zero attached hydrogens (tertiary/aromatic N) is 4. The van der Waals surface area contributed by atoms with E-state index >= 15 is 0 Å². The van der Waals surface area contributed by atoms with Crippen molar-refractivity contribution in [3.8, 4) is 5.69 Å². The fourth-order valence-electron chi connectivity index (χ4n) is 2.21. The smallest absolute Gasteiger partial charge is 0.351 e. The van der Waals surface area contributed by atoms with Crippen LogP contribution in [0, 0.1) is 5.92 Å². The zero-order valence-corrected chi connectivity index (χ0v) is 16.0. The van der Waals surface area contributed by atoms with Gasteiger partial charge in [0.25, 0.3) is 0 Å². The van der Waals surface area contributed by atoms with Crippen LogP contribution in [0.3, 0.4) is 0 Å². The molecule has 0 radical (unpaired) electrons. The Balaban J connectivity index is 1.59. The zero-order valence-electron chi connectivity index (χ0n) is 15.2. The minimum atomic E-state index is -0.630. The van der Waals surface area contributed by atoms with Crippen LogP contribution >= 0.6 is 11.3 Å². The molecule has 144 valence electrons. The molecular formula is C18H17N5O4S. The Morgan fingerprint density at radius 1 is 1.18 bits per heavy atom. The Labute approximate surface area is 164 Å². The second-order valence-electron chi connectivity index (χ2n) is 6.11. The fourth-order valence-corrected chi connectivity index (χ4v) is 2.98. The van der Waals surface area contributed by atoms with Crippen LogP contribution in [0.1, 0.15) is 33.9 Å². The van der Waals surface area contributed by atoms with E-state index in [9.17, 15) is 14.4 Å². The third-order valence-corrected chi connectivity index (χ3v) is 4.64. The van der Waals surface area contributed by atoms with Crippen molar-refractivity contribution in [1.29, 1.82) is 0 Å². The van der Waals surface area contributed by atoms with Gasteiger partial charge in [-0.05, 0) is 46.1 Å². The van der Waals surface area contributed by atoms with Gasteiger partial charge in [-0.3, -0.25) is 9.59 Å². The molecule has 28 heavy (non-hydrogen) atoms. The molecule has 0 bridgehead atoms. The van der Waals surface area contributed by atoms with E-state index < -0.39 is 12.6 Å². The van der Waals surface area contributed by atoms with Crippen LogP contribution in [0.5, 0.6) is 0 Å². The number of benzene rings is 1. The molecule has 1 amide bonds. The number of ketones is 1. The van der Waals surface area contributed by atoms with E-state index in [0.717, 1.165) is 0 Å². The molecule has 0 saturated carbocycles. The Bertz CT molecular complexity index is 980. The molecule has 0 fully saturated rings. The van der Waals surface area contributed by atoms with Gasteiger partial charge in [-0.2, -0.15) is 4.68 Å². The Kier molecular flexibility index (Phi) is 5.90. The van der Waals surface area contributed by atoms with Crippen molar-refractivity contribution in [3.63, 3.8) is 0 Å². The van der Waals surface area contributed by atoms with Gasteiger partial charge in [0.2, 0.25) is 5.91 Å². The number of tetrazole rings is 1. The molecule has 10 heteroatoms. The molecule has 3 aromatic rings. The van der Waals surface area contributed by atoms with Crippen LogP contribution in [0.25, 0.3) is 5.69 Å². The third-order valence-electron chi connectivity index (χ3n) is 3.76. The first-order valence-corrected chi connectivity index (χ1v) is 9.25. The van der Waals surface area contributed by atoms with Crippen LogP contribution in [-0.4, -0.2) is 44.5 Å². The molecule has 2 heterocycles. The van der Waals surface area contributed by atoms with E-state index in [1.165, 1.54) is 22.3 Å². The van der Waals surface area contributed by atoms with Crippen molar-refractivity contribution in [1.82, 2.24) is 20.2 Å². The Morgan fingerprint density at radius 2 is 1.93 bits per heavy atom. The lowest BCUT2D eigenvalue weighted by Gasteiger charge is -2.08. The minimum Gasteiger partial charge on any atom is -0.453 e. The van der Waals surface area contributed by atoms with E-state index in [-0.39, 0.29) is 17.6 Å². The maximum atomic E-state index is 12.3. The first-order valence-electron chi connectivity index (χ1n) is 8.38. The van der Waals surface area contributed by atoms with Gasteiger partial charge < -0.3 is 10.1 Å². The first kappa shape index (κ1) is 19.4. The molecule has 0 saturated heterocycles. The number of carbonyl (C=O) groups excluding carboxylic acids is 3. The van der Waals surface area contributed by atoms with Crippen LogP contribution in [0.2, 0.25) is 0 Å². The number of carbonyl (C=O) groups is 3. The molecule has 0 unspecified atom stereocenters. The Morgan fingerprint density at radius 3 is 2.57 bits per heavy atom. The minimum absolute atomic E-state index is 0.109. The summed E-state index contributed by atoms with van der Waals surface area (Å²) in [6.07, 6.45) is 1.36. The highest BCUT2D eigenvalue weighted by Crippen LogP contribution is 2.21. The molecule has 1 aromatic carbocycles. The van der Waals surface area contributed by atoms with Crippen LogP contribution in [0.4, 0.5) is 5.69 Å². The highest BCUT2D eigenvalue weighted by atomic mass is 32.1. The van der Waals surface area contributed by atoms with Crippen LogP contribution < -0.4 is 5.32 Å². The SMILES string of the molecule is CC(C)C(=O)Nc1ccc(C(=O)COC(=O)c2sccc2-n2cnnn2)cc1.